The number of carbonyl (C=O) groups is 1. The van der Waals surface area contributed by atoms with Gasteiger partial charge in [-0.25, -0.2) is 4.79 Å². The van der Waals surface area contributed by atoms with Gasteiger partial charge in [0.1, 0.15) is 0 Å². The molecule has 2 aromatic heterocycles. The van der Waals surface area contributed by atoms with Gasteiger partial charge in [-0.15, -0.1) is 22.0 Å². The fourth-order valence-electron chi connectivity index (χ4n) is 2.24. The molecule has 0 saturated carbocycles. The van der Waals surface area contributed by atoms with Gasteiger partial charge in [0.05, 0.1) is 6.54 Å². The Morgan fingerprint density at radius 2 is 1.92 bits per heavy atom. The van der Waals surface area contributed by atoms with E-state index < -0.39 is 0 Å². The minimum Gasteiger partial charge on any atom is -0.337 e. The number of benzene rings is 1. The number of urea groups is 1. The molecule has 24 heavy (non-hydrogen) atoms. The minimum absolute atomic E-state index is 0.205. The minimum atomic E-state index is -0.205. The highest BCUT2D eigenvalue weighted by molar-refractivity contribution is 8.00. The Bertz CT molecular complexity index is 805. The molecule has 2 N–H and O–H groups in total. The largest absolute Gasteiger partial charge is 0.337 e. The molecule has 1 aromatic carbocycles. The molecule has 0 fully saturated rings. The topological polar surface area (TPSA) is 71.3 Å². The SMILES string of the molecule is C[C@H](CNC(=O)NCc1nnc2ccccn12)Sc1ccccc1. The molecule has 2 amide bonds. The highest BCUT2D eigenvalue weighted by Gasteiger charge is 2.09. The maximum atomic E-state index is 11.9. The molecule has 1 atom stereocenters. The van der Waals surface area contributed by atoms with Crippen LogP contribution in [0.1, 0.15) is 12.7 Å². The second kappa shape index (κ2) is 7.83. The predicted molar refractivity (Wildman–Crippen MR) is 95.0 cm³/mol. The molecule has 0 spiro atoms. The predicted octanol–water partition coefficient (Wildman–Crippen LogP) is 2.71. The first-order valence-corrected chi connectivity index (χ1v) is 8.62. The summed E-state index contributed by atoms with van der Waals surface area (Å²) in [7, 11) is 0. The Balaban J connectivity index is 1.44. The van der Waals surface area contributed by atoms with E-state index in [-0.39, 0.29) is 11.3 Å². The first-order valence-electron chi connectivity index (χ1n) is 7.74. The van der Waals surface area contributed by atoms with Gasteiger partial charge in [0.2, 0.25) is 0 Å². The lowest BCUT2D eigenvalue weighted by Crippen LogP contribution is -2.38. The number of thioether (sulfide) groups is 1. The van der Waals surface area contributed by atoms with Crippen LogP contribution >= 0.6 is 11.8 Å². The smallest absolute Gasteiger partial charge is 0.315 e. The Morgan fingerprint density at radius 3 is 2.75 bits per heavy atom. The van der Waals surface area contributed by atoms with Crippen molar-refractivity contribution >= 4 is 23.4 Å². The van der Waals surface area contributed by atoms with E-state index in [4.69, 9.17) is 0 Å². The number of hydrogen-bond acceptors (Lipinski definition) is 4. The van der Waals surface area contributed by atoms with E-state index in [0.717, 1.165) is 5.65 Å². The van der Waals surface area contributed by atoms with Gasteiger partial charge in [-0.05, 0) is 24.3 Å². The van der Waals surface area contributed by atoms with Crippen LogP contribution in [0.2, 0.25) is 0 Å². The Kier molecular flexibility index (Phi) is 5.32. The summed E-state index contributed by atoms with van der Waals surface area (Å²) in [5, 5.41) is 14.1. The highest BCUT2D eigenvalue weighted by atomic mass is 32.2. The maximum Gasteiger partial charge on any atom is 0.315 e. The van der Waals surface area contributed by atoms with Crippen molar-refractivity contribution in [2.24, 2.45) is 0 Å². The summed E-state index contributed by atoms with van der Waals surface area (Å²) in [4.78, 5) is 13.1. The molecule has 3 aromatic rings. The number of amides is 2. The third kappa shape index (κ3) is 4.26. The van der Waals surface area contributed by atoms with Crippen molar-refractivity contribution in [3.63, 3.8) is 0 Å². The number of nitrogens with zero attached hydrogens (tertiary/aromatic N) is 3. The summed E-state index contributed by atoms with van der Waals surface area (Å²) in [6.07, 6.45) is 1.88. The zero-order chi connectivity index (χ0) is 16.8. The van der Waals surface area contributed by atoms with E-state index >= 15 is 0 Å². The molecule has 6 nitrogen and oxygen atoms in total. The third-order valence-electron chi connectivity index (χ3n) is 3.42. The van der Waals surface area contributed by atoms with Gasteiger partial charge in [-0.1, -0.05) is 31.2 Å². The van der Waals surface area contributed by atoms with Crippen LogP contribution in [0.4, 0.5) is 4.79 Å². The van der Waals surface area contributed by atoms with E-state index in [0.29, 0.717) is 18.9 Å². The van der Waals surface area contributed by atoms with Crippen molar-refractivity contribution in [1.82, 2.24) is 25.2 Å². The van der Waals surface area contributed by atoms with Crippen LogP contribution in [0, 0.1) is 0 Å². The van der Waals surface area contributed by atoms with Gasteiger partial charge in [0.25, 0.3) is 0 Å². The summed E-state index contributed by atoms with van der Waals surface area (Å²) >= 11 is 1.73. The first-order chi connectivity index (χ1) is 11.7. The second-order valence-corrected chi connectivity index (χ2v) is 6.86. The molecule has 0 bridgehead atoms. The van der Waals surface area contributed by atoms with Crippen LogP contribution in [-0.4, -0.2) is 32.4 Å². The monoisotopic (exact) mass is 341 g/mol. The molecule has 0 radical (unpaired) electrons. The zero-order valence-electron chi connectivity index (χ0n) is 13.3. The number of fused-ring (bicyclic) bond motifs is 1. The lowest BCUT2D eigenvalue weighted by Gasteiger charge is -2.13. The van der Waals surface area contributed by atoms with E-state index in [9.17, 15) is 4.79 Å². The van der Waals surface area contributed by atoms with E-state index in [1.165, 1.54) is 4.90 Å². The Hall–Kier alpha value is -2.54. The van der Waals surface area contributed by atoms with Crippen LogP contribution in [0.3, 0.4) is 0 Å². The first kappa shape index (κ1) is 16.3. The third-order valence-corrected chi connectivity index (χ3v) is 4.54. The van der Waals surface area contributed by atoms with Crippen LogP contribution in [0.15, 0.2) is 59.6 Å². The van der Waals surface area contributed by atoms with Gasteiger partial charge in [0, 0.05) is 22.9 Å². The van der Waals surface area contributed by atoms with Gasteiger partial charge < -0.3 is 10.6 Å². The zero-order valence-corrected chi connectivity index (χ0v) is 14.2. The highest BCUT2D eigenvalue weighted by Crippen LogP contribution is 2.21. The molecule has 3 rings (SSSR count). The van der Waals surface area contributed by atoms with Crippen LogP contribution < -0.4 is 10.6 Å². The van der Waals surface area contributed by atoms with E-state index in [1.807, 2.05) is 47.0 Å². The van der Waals surface area contributed by atoms with Crippen LogP contribution in [-0.2, 0) is 6.54 Å². The van der Waals surface area contributed by atoms with Crippen molar-refractivity contribution in [3.05, 3.63) is 60.6 Å². The molecule has 0 aliphatic rings. The maximum absolute atomic E-state index is 11.9. The average Bonchev–Trinajstić information content (AvgIpc) is 3.02. The van der Waals surface area contributed by atoms with Gasteiger partial charge in [-0.2, -0.15) is 0 Å². The number of carbonyl (C=O) groups excluding carboxylic acids is 1. The molecule has 0 saturated heterocycles. The molecule has 0 unspecified atom stereocenters. The molecular formula is C17H19N5OS. The Morgan fingerprint density at radius 1 is 1.12 bits per heavy atom. The standard InChI is InChI=1S/C17H19N5OS/c1-13(24-14-7-3-2-4-8-14)11-18-17(23)19-12-16-21-20-15-9-5-6-10-22(15)16/h2-10,13H,11-12H2,1H3,(H2,18,19,23)/t13-/m1/s1. The number of pyridine rings is 1. The average molecular weight is 341 g/mol. The van der Waals surface area contributed by atoms with E-state index in [1.54, 1.807) is 11.8 Å². The van der Waals surface area contributed by atoms with Crippen molar-refractivity contribution < 1.29 is 4.79 Å². The number of hydrogen-bond donors (Lipinski definition) is 2. The fraction of sp³-hybridized carbons (Fsp3) is 0.235. The quantitative estimate of drug-likeness (QED) is 0.676. The summed E-state index contributed by atoms with van der Waals surface area (Å²) in [6, 6.07) is 15.6. The van der Waals surface area contributed by atoms with Gasteiger partial charge in [0.15, 0.2) is 11.5 Å². The number of nitrogens with one attached hydrogen (secondary N) is 2. The summed E-state index contributed by atoms with van der Waals surface area (Å²) in [6.45, 7) is 3.01. The lowest BCUT2D eigenvalue weighted by atomic mass is 10.4. The number of aromatic nitrogens is 3. The van der Waals surface area contributed by atoms with Gasteiger partial charge in [-0.3, -0.25) is 4.40 Å². The van der Waals surface area contributed by atoms with Crippen molar-refractivity contribution in [1.29, 1.82) is 0 Å². The Labute approximate surface area is 144 Å². The molecule has 0 aliphatic carbocycles. The van der Waals surface area contributed by atoms with Crippen molar-refractivity contribution in [2.75, 3.05) is 6.54 Å². The number of rotatable bonds is 6. The molecule has 0 aliphatic heterocycles. The van der Waals surface area contributed by atoms with Crippen LogP contribution in [0.25, 0.3) is 5.65 Å². The van der Waals surface area contributed by atoms with E-state index in [2.05, 4.69) is 39.9 Å². The lowest BCUT2D eigenvalue weighted by molar-refractivity contribution is 0.240. The fourth-order valence-corrected chi connectivity index (χ4v) is 3.19. The molecule has 7 heteroatoms. The van der Waals surface area contributed by atoms with Crippen molar-refractivity contribution in [3.8, 4) is 0 Å². The summed E-state index contributed by atoms with van der Waals surface area (Å²) in [5.74, 6) is 0.701. The van der Waals surface area contributed by atoms with Gasteiger partial charge >= 0.3 is 6.03 Å². The summed E-state index contributed by atoms with van der Waals surface area (Å²) < 4.78 is 1.86. The van der Waals surface area contributed by atoms with Crippen LogP contribution in [0.5, 0.6) is 0 Å². The second-order valence-electron chi connectivity index (χ2n) is 5.35. The normalized spacial score (nSPS) is 12.0. The summed E-state index contributed by atoms with van der Waals surface area (Å²) in [5.41, 5.74) is 0.766. The molecular weight excluding hydrogens is 322 g/mol. The molecule has 124 valence electrons. The molecule has 2 heterocycles. The van der Waals surface area contributed by atoms with Crippen molar-refractivity contribution in [2.45, 2.75) is 23.6 Å².